The van der Waals surface area contributed by atoms with Crippen LogP contribution in [0.3, 0.4) is 0 Å². The number of rotatable bonds is 5. The van der Waals surface area contributed by atoms with Crippen molar-refractivity contribution in [2.45, 2.75) is 45.3 Å². The molecular weight excluding hydrogens is 262 g/mol. The van der Waals surface area contributed by atoms with Crippen LogP contribution in [-0.2, 0) is 6.54 Å². The number of aromatic nitrogens is 2. The van der Waals surface area contributed by atoms with Crippen LogP contribution in [0.5, 0.6) is 5.88 Å². The van der Waals surface area contributed by atoms with Crippen LogP contribution in [-0.4, -0.2) is 16.1 Å². The van der Waals surface area contributed by atoms with Crippen LogP contribution in [0.1, 0.15) is 36.9 Å². The zero-order valence-corrected chi connectivity index (χ0v) is 12.4. The summed E-state index contributed by atoms with van der Waals surface area (Å²) in [5.74, 6) is 1.63. The molecule has 2 heterocycles. The number of hydrogen-bond donors (Lipinski definition) is 1. The molecule has 0 unspecified atom stereocenters. The summed E-state index contributed by atoms with van der Waals surface area (Å²) in [6, 6.07) is 9.97. The predicted octanol–water partition coefficient (Wildman–Crippen LogP) is 3.72. The fourth-order valence-corrected chi connectivity index (χ4v) is 2.60. The second-order valence-electron chi connectivity index (χ2n) is 5.55. The zero-order valence-electron chi connectivity index (χ0n) is 12.4. The van der Waals surface area contributed by atoms with Crippen LogP contribution in [0.25, 0.3) is 0 Å². The summed E-state index contributed by atoms with van der Waals surface area (Å²) in [7, 11) is 0. The Kier molecular flexibility index (Phi) is 4.34. The zero-order chi connectivity index (χ0) is 14.5. The maximum absolute atomic E-state index is 5.86. The van der Waals surface area contributed by atoms with Crippen molar-refractivity contribution < 1.29 is 4.74 Å². The van der Waals surface area contributed by atoms with Gasteiger partial charge in [-0.25, -0.2) is 9.97 Å². The summed E-state index contributed by atoms with van der Waals surface area (Å²) in [4.78, 5) is 8.81. The molecule has 0 bridgehead atoms. The molecule has 0 amide bonds. The van der Waals surface area contributed by atoms with E-state index in [1.54, 1.807) is 0 Å². The summed E-state index contributed by atoms with van der Waals surface area (Å²) in [6.07, 6.45) is 7.09. The van der Waals surface area contributed by atoms with Gasteiger partial charge in [0.2, 0.25) is 5.88 Å². The summed E-state index contributed by atoms with van der Waals surface area (Å²) < 4.78 is 5.86. The SMILES string of the molecule is Cc1cccc(NCc2ccc(OC3CCCC3)nc2)n1. The molecule has 1 N–H and O–H groups in total. The topological polar surface area (TPSA) is 47.0 Å². The van der Waals surface area contributed by atoms with Crippen molar-refractivity contribution >= 4 is 5.82 Å². The van der Waals surface area contributed by atoms with Crippen LogP contribution in [0.2, 0.25) is 0 Å². The highest BCUT2D eigenvalue weighted by Gasteiger charge is 2.16. The van der Waals surface area contributed by atoms with E-state index in [1.807, 2.05) is 37.4 Å². The molecule has 0 radical (unpaired) electrons. The molecular formula is C17H21N3O. The lowest BCUT2D eigenvalue weighted by molar-refractivity contribution is 0.201. The molecule has 1 aliphatic rings. The first kappa shape index (κ1) is 13.9. The minimum absolute atomic E-state index is 0.359. The second kappa shape index (κ2) is 6.57. The van der Waals surface area contributed by atoms with Gasteiger partial charge in [-0.15, -0.1) is 0 Å². The Morgan fingerprint density at radius 2 is 2.05 bits per heavy atom. The normalized spacial score (nSPS) is 15.1. The number of aryl methyl sites for hydroxylation is 1. The molecule has 4 nitrogen and oxygen atoms in total. The summed E-state index contributed by atoms with van der Waals surface area (Å²) >= 11 is 0. The van der Waals surface area contributed by atoms with Crippen molar-refractivity contribution in [3.8, 4) is 5.88 Å². The lowest BCUT2D eigenvalue weighted by Crippen LogP contribution is -2.12. The number of pyridine rings is 2. The Hall–Kier alpha value is -2.10. The van der Waals surface area contributed by atoms with Crippen molar-refractivity contribution in [3.05, 3.63) is 47.8 Å². The second-order valence-corrected chi connectivity index (χ2v) is 5.55. The molecule has 0 saturated heterocycles. The number of nitrogens with one attached hydrogen (secondary N) is 1. The molecule has 1 fully saturated rings. The Bertz CT molecular complexity index is 577. The highest BCUT2D eigenvalue weighted by atomic mass is 16.5. The van der Waals surface area contributed by atoms with Gasteiger partial charge in [0.25, 0.3) is 0 Å². The van der Waals surface area contributed by atoms with E-state index in [4.69, 9.17) is 4.74 Å². The van der Waals surface area contributed by atoms with Crippen LogP contribution in [0.4, 0.5) is 5.82 Å². The van der Waals surface area contributed by atoms with Gasteiger partial charge in [-0.05, 0) is 50.3 Å². The molecule has 2 aromatic heterocycles. The summed E-state index contributed by atoms with van der Waals surface area (Å²) in [6.45, 7) is 2.70. The fraction of sp³-hybridized carbons (Fsp3) is 0.412. The van der Waals surface area contributed by atoms with Gasteiger partial charge in [-0.3, -0.25) is 0 Å². The highest BCUT2D eigenvalue weighted by molar-refractivity contribution is 5.36. The van der Waals surface area contributed by atoms with Crippen molar-refractivity contribution in [2.75, 3.05) is 5.32 Å². The highest BCUT2D eigenvalue weighted by Crippen LogP contribution is 2.22. The average Bonchev–Trinajstić information content (AvgIpc) is 3.00. The van der Waals surface area contributed by atoms with E-state index in [-0.39, 0.29) is 0 Å². The van der Waals surface area contributed by atoms with E-state index >= 15 is 0 Å². The molecule has 110 valence electrons. The third kappa shape index (κ3) is 3.94. The van der Waals surface area contributed by atoms with E-state index < -0.39 is 0 Å². The average molecular weight is 283 g/mol. The van der Waals surface area contributed by atoms with Crippen LogP contribution in [0.15, 0.2) is 36.5 Å². The number of ether oxygens (including phenoxy) is 1. The van der Waals surface area contributed by atoms with E-state index in [0.29, 0.717) is 12.6 Å². The maximum atomic E-state index is 5.86. The Morgan fingerprint density at radius 1 is 1.19 bits per heavy atom. The van der Waals surface area contributed by atoms with Gasteiger partial charge in [-0.1, -0.05) is 12.1 Å². The van der Waals surface area contributed by atoms with Gasteiger partial charge in [0.1, 0.15) is 11.9 Å². The lowest BCUT2D eigenvalue weighted by atomic mass is 10.2. The number of anilines is 1. The standard InChI is InChI=1S/C17H21N3O/c1-13-5-4-8-16(20-13)18-11-14-9-10-17(19-12-14)21-15-6-2-3-7-15/h4-5,8-10,12,15H,2-3,6-7,11H2,1H3,(H,18,20). The molecule has 21 heavy (non-hydrogen) atoms. The first-order valence-electron chi connectivity index (χ1n) is 7.59. The van der Waals surface area contributed by atoms with Crippen molar-refractivity contribution in [1.29, 1.82) is 0 Å². The minimum Gasteiger partial charge on any atom is -0.474 e. The van der Waals surface area contributed by atoms with Crippen molar-refractivity contribution in [3.63, 3.8) is 0 Å². The molecule has 1 aliphatic carbocycles. The van der Waals surface area contributed by atoms with Crippen LogP contribution >= 0.6 is 0 Å². The maximum Gasteiger partial charge on any atom is 0.213 e. The van der Waals surface area contributed by atoms with Gasteiger partial charge >= 0.3 is 0 Å². The quantitative estimate of drug-likeness (QED) is 0.908. The molecule has 1 saturated carbocycles. The van der Waals surface area contributed by atoms with E-state index in [9.17, 15) is 0 Å². The molecule has 0 atom stereocenters. The lowest BCUT2D eigenvalue weighted by Gasteiger charge is -2.12. The van der Waals surface area contributed by atoms with Gasteiger partial charge < -0.3 is 10.1 Å². The summed E-state index contributed by atoms with van der Waals surface area (Å²) in [5, 5.41) is 3.30. The fourth-order valence-electron chi connectivity index (χ4n) is 2.60. The minimum atomic E-state index is 0.359. The monoisotopic (exact) mass is 283 g/mol. The van der Waals surface area contributed by atoms with E-state index in [1.165, 1.54) is 12.8 Å². The molecule has 0 spiro atoms. The van der Waals surface area contributed by atoms with Crippen LogP contribution in [0, 0.1) is 6.92 Å². The predicted molar refractivity (Wildman–Crippen MR) is 83.4 cm³/mol. The van der Waals surface area contributed by atoms with Gasteiger partial charge in [0.05, 0.1) is 0 Å². The third-order valence-corrected chi connectivity index (χ3v) is 3.75. The summed E-state index contributed by atoms with van der Waals surface area (Å²) in [5.41, 5.74) is 2.13. The molecule has 3 rings (SSSR count). The first-order valence-corrected chi connectivity index (χ1v) is 7.59. The smallest absolute Gasteiger partial charge is 0.213 e. The van der Waals surface area contributed by atoms with Gasteiger partial charge in [0.15, 0.2) is 0 Å². The van der Waals surface area contributed by atoms with Gasteiger partial charge in [0, 0.05) is 24.5 Å². The van der Waals surface area contributed by atoms with Crippen molar-refractivity contribution in [1.82, 2.24) is 9.97 Å². The van der Waals surface area contributed by atoms with E-state index in [2.05, 4.69) is 21.4 Å². The van der Waals surface area contributed by atoms with Gasteiger partial charge in [-0.2, -0.15) is 0 Å². The van der Waals surface area contributed by atoms with E-state index in [0.717, 1.165) is 35.8 Å². The Morgan fingerprint density at radius 3 is 2.76 bits per heavy atom. The van der Waals surface area contributed by atoms with Crippen LogP contribution < -0.4 is 10.1 Å². The molecule has 2 aromatic rings. The number of hydrogen-bond acceptors (Lipinski definition) is 4. The Labute approximate surface area is 125 Å². The third-order valence-electron chi connectivity index (χ3n) is 3.75. The first-order chi connectivity index (χ1) is 10.3. The Balaban J connectivity index is 1.54. The van der Waals surface area contributed by atoms with Crippen molar-refractivity contribution in [2.24, 2.45) is 0 Å². The molecule has 0 aromatic carbocycles. The number of nitrogens with zero attached hydrogens (tertiary/aromatic N) is 2. The molecule has 0 aliphatic heterocycles. The largest absolute Gasteiger partial charge is 0.474 e. The molecule has 4 heteroatoms.